The van der Waals surface area contributed by atoms with Crippen LogP contribution in [0.5, 0.6) is 0 Å². The smallest absolute Gasteiger partial charge is 0.247 e. The molecule has 6 nitrogen and oxygen atoms in total. The zero-order valence-electron chi connectivity index (χ0n) is 16.5. The Kier molecular flexibility index (Phi) is 7.06. The average molecular weight is 433 g/mol. The molecule has 4 fully saturated rings. The highest BCUT2D eigenvalue weighted by Crippen LogP contribution is 2.45. The lowest BCUT2D eigenvalue weighted by Crippen LogP contribution is -2.67. The quantitative estimate of drug-likeness (QED) is 0.313. The fraction of sp³-hybridized carbons (Fsp3) is 0.950. The second-order valence-electron chi connectivity index (χ2n) is 9.27. The molecular weight excluding hydrogens is 399 g/mol. The van der Waals surface area contributed by atoms with Gasteiger partial charge in [-0.05, 0) is 69.7 Å². The predicted molar refractivity (Wildman–Crippen MR) is 110 cm³/mol. The number of nitrogens with one attached hydrogen (secondary N) is 3. The lowest BCUT2D eigenvalue weighted by atomic mass is 9.67. The largest absolute Gasteiger partial charge is 0.301 e. The van der Waals surface area contributed by atoms with Crippen molar-refractivity contribution in [3.05, 3.63) is 0 Å². The molecule has 2 aliphatic heterocycles. The number of amides is 1. The molecule has 0 bridgehead atoms. The van der Waals surface area contributed by atoms with Crippen LogP contribution in [0.25, 0.3) is 0 Å². The Morgan fingerprint density at radius 3 is 2.57 bits per heavy atom. The molecule has 4 N–H and O–H groups in total. The van der Waals surface area contributed by atoms with Gasteiger partial charge in [-0.3, -0.25) is 20.2 Å². The van der Waals surface area contributed by atoms with Crippen molar-refractivity contribution in [3.63, 3.8) is 0 Å². The lowest BCUT2D eigenvalue weighted by molar-refractivity contribution is -0.136. The van der Waals surface area contributed by atoms with Crippen molar-refractivity contribution < 1.29 is 10.0 Å². The Morgan fingerprint density at radius 2 is 1.82 bits per heavy atom. The van der Waals surface area contributed by atoms with Gasteiger partial charge in [-0.1, -0.05) is 0 Å². The van der Waals surface area contributed by atoms with Crippen LogP contribution in [0, 0.1) is 23.7 Å². The summed E-state index contributed by atoms with van der Waals surface area (Å²) in [5.74, 6) is 1.36. The Bertz CT molecular complexity index is 546. The van der Waals surface area contributed by atoms with E-state index >= 15 is 0 Å². The van der Waals surface area contributed by atoms with Crippen LogP contribution < -0.4 is 16.1 Å². The summed E-state index contributed by atoms with van der Waals surface area (Å²) in [5, 5.41) is 16.9. The van der Waals surface area contributed by atoms with Crippen LogP contribution >= 0.6 is 23.2 Å². The van der Waals surface area contributed by atoms with Crippen LogP contribution in [0.1, 0.15) is 51.4 Å². The highest BCUT2D eigenvalue weighted by atomic mass is 35.5. The standard InChI is InChI=1S/C20H34Cl2N4O2/c21-14-5-3-12(4-6-14)15-8-16-18(9-17(15)22)23-11-24-19(16)26-7-1-2-13(10-26)20(27)25-28/h12-19,23-24,28H,1-11H2,(H,25,27). The summed E-state index contributed by atoms with van der Waals surface area (Å²) in [6, 6.07) is 0.432. The van der Waals surface area contributed by atoms with Gasteiger partial charge in [0, 0.05) is 35.9 Å². The van der Waals surface area contributed by atoms with E-state index in [4.69, 9.17) is 28.4 Å². The molecule has 6 atom stereocenters. The highest BCUT2D eigenvalue weighted by molar-refractivity contribution is 6.21. The minimum Gasteiger partial charge on any atom is -0.301 e. The van der Waals surface area contributed by atoms with E-state index in [1.54, 1.807) is 0 Å². The van der Waals surface area contributed by atoms with Crippen LogP contribution in [0.15, 0.2) is 0 Å². The number of carbonyl (C=O) groups excluding carboxylic acids is 1. The van der Waals surface area contributed by atoms with Crippen molar-refractivity contribution in [2.45, 2.75) is 74.3 Å². The summed E-state index contributed by atoms with van der Waals surface area (Å²) in [6.45, 7) is 2.49. The third-order valence-corrected chi connectivity index (χ3v) is 8.66. The summed E-state index contributed by atoms with van der Waals surface area (Å²) in [5.41, 5.74) is 1.85. The third-order valence-electron chi connectivity index (χ3n) is 7.72. The number of rotatable bonds is 3. The van der Waals surface area contributed by atoms with Gasteiger partial charge < -0.3 is 5.32 Å². The zero-order chi connectivity index (χ0) is 19.7. The van der Waals surface area contributed by atoms with Gasteiger partial charge in [-0.25, -0.2) is 5.48 Å². The summed E-state index contributed by atoms with van der Waals surface area (Å²) >= 11 is 13.2. The number of hydrogen-bond acceptors (Lipinski definition) is 5. The number of likely N-dealkylation sites (tertiary alicyclic amines) is 1. The fourth-order valence-electron chi connectivity index (χ4n) is 6.21. The first-order valence-corrected chi connectivity index (χ1v) is 11.9. The minimum atomic E-state index is -0.254. The molecule has 0 aromatic heterocycles. The van der Waals surface area contributed by atoms with Gasteiger partial charge in [0.15, 0.2) is 0 Å². The van der Waals surface area contributed by atoms with Gasteiger partial charge in [0.2, 0.25) is 5.91 Å². The summed E-state index contributed by atoms with van der Waals surface area (Å²) in [7, 11) is 0. The molecule has 1 amide bonds. The van der Waals surface area contributed by atoms with Crippen molar-refractivity contribution in [2.24, 2.45) is 23.7 Å². The van der Waals surface area contributed by atoms with Crippen LogP contribution in [-0.2, 0) is 4.79 Å². The normalized spacial score (nSPS) is 45.2. The van der Waals surface area contributed by atoms with Crippen LogP contribution in [0.4, 0.5) is 0 Å². The molecule has 8 heteroatoms. The Hall–Kier alpha value is -0.110. The monoisotopic (exact) mass is 432 g/mol. The predicted octanol–water partition coefficient (Wildman–Crippen LogP) is 2.48. The number of halogens is 2. The number of hydrogen-bond donors (Lipinski definition) is 4. The van der Waals surface area contributed by atoms with Crippen LogP contribution in [0.3, 0.4) is 0 Å². The van der Waals surface area contributed by atoms with Crippen molar-refractivity contribution >= 4 is 29.1 Å². The molecular formula is C20H34Cl2N4O2. The van der Waals surface area contributed by atoms with Gasteiger partial charge in [0.05, 0.1) is 12.1 Å². The van der Waals surface area contributed by atoms with E-state index < -0.39 is 0 Å². The molecule has 0 spiro atoms. The molecule has 0 aromatic carbocycles. The second-order valence-corrected chi connectivity index (χ2v) is 10.5. The first-order valence-electron chi connectivity index (χ1n) is 11.0. The van der Waals surface area contributed by atoms with Crippen LogP contribution in [0.2, 0.25) is 0 Å². The zero-order valence-corrected chi connectivity index (χ0v) is 18.0. The van der Waals surface area contributed by atoms with E-state index in [1.807, 2.05) is 5.48 Å². The Labute approximate surface area is 178 Å². The first kappa shape index (κ1) is 21.1. The van der Waals surface area contributed by atoms with E-state index in [2.05, 4.69) is 15.5 Å². The van der Waals surface area contributed by atoms with E-state index in [1.165, 1.54) is 12.8 Å². The Morgan fingerprint density at radius 1 is 1.04 bits per heavy atom. The second kappa shape index (κ2) is 9.36. The number of hydroxylamine groups is 1. The number of fused-ring (bicyclic) bond motifs is 1. The van der Waals surface area contributed by atoms with Crippen LogP contribution in [-0.4, -0.2) is 58.7 Å². The molecule has 28 heavy (non-hydrogen) atoms. The first-order chi connectivity index (χ1) is 13.6. The molecule has 2 aliphatic carbocycles. The molecule has 160 valence electrons. The maximum absolute atomic E-state index is 12.0. The molecule has 4 rings (SSSR count). The van der Waals surface area contributed by atoms with Gasteiger partial charge in [0.25, 0.3) is 0 Å². The number of piperidine rings is 1. The lowest BCUT2D eigenvalue weighted by Gasteiger charge is -2.52. The molecule has 2 heterocycles. The summed E-state index contributed by atoms with van der Waals surface area (Å²) in [6.07, 6.45) is 8.89. The maximum atomic E-state index is 12.0. The number of carbonyl (C=O) groups is 1. The summed E-state index contributed by atoms with van der Waals surface area (Å²) in [4.78, 5) is 14.4. The molecule has 4 aliphatic rings. The Balaban J connectivity index is 1.45. The van der Waals surface area contributed by atoms with Gasteiger partial charge in [0.1, 0.15) is 0 Å². The average Bonchev–Trinajstić information content (AvgIpc) is 2.73. The van der Waals surface area contributed by atoms with E-state index in [-0.39, 0.29) is 23.4 Å². The molecule has 2 saturated carbocycles. The maximum Gasteiger partial charge on any atom is 0.247 e. The van der Waals surface area contributed by atoms with E-state index in [0.29, 0.717) is 35.7 Å². The summed E-state index contributed by atoms with van der Waals surface area (Å²) < 4.78 is 0. The van der Waals surface area contributed by atoms with E-state index in [9.17, 15) is 4.79 Å². The molecule has 2 saturated heterocycles. The number of nitrogens with zero attached hydrogens (tertiary/aromatic N) is 1. The third kappa shape index (κ3) is 4.47. The van der Waals surface area contributed by atoms with Gasteiger partial charge in [-0.2, -0.15) is 0 Å². The van der Waals surface area contributed by atoms with Crippen molar-refractivity contribution in [3.8, 4) is 0 Å². The molecule has 6 unspecified atom stereocenters. The van der Waals surface area contributed by atoms with Crippen molar-refractivity contribution in [2.75, 3.05) is 19.8 Å². The van der Waals surface area contributed by atoms with Crippen molar-refractivity contribution in [1.29, 1.82) is 0 Å². The van der Waals surface area contributed by atoms with Gasteiger partial charge in [-0.15, -0.1) is 23.2 Å². The molecule has 0 aromatic rings. The van der Waals surface area contributed by atoms with Crippen molar-refractivity contribution in [1.82, 2.24) is 21.0 Å². The number of alkyl halides is 2. The topological polar surface area (TPSA) is 76.6 Å². The highest BCUT2D eigenvalue weighted by Gasteiger charge is 2.46. The van der Waals surface area contributed by atoms with Gasteiger partial charge >= 0.3 is 0 Å². The minimum absolute atomic E-state index is 0.131. The SMILES string of the molecule is O=C(NO)C1CCCN(C2NCNC3CC(Cl)C(C4CCC(Cl)CC4)CC32)C1. The molecule has 0 radical (unpaired) electrons. The fourth-order valence-corrected chi connectivity index (χ4v) is 6.96. The van der Waals surface area contributed by atoms with E-state index in [0.717, 1.165) is 51.7 Å².